The highest BCUT2D eigenvalue weighted by molar-refractivity contribution is 7.13. The van der Waals surface area contributed by atoms with Crippen molar-refractivity contribution in [2.24, 2.45) is 0 Å². The number of hydrogen-bond acceptors (Lipinski definition) is 7. The van der Waals surface area contributed by atoms with E-state index in [1.54, 1.807) is 6.07 Å². The van der Waals surface area contributed by atoms with E-state index < -0.39 is 10.8 Å². The van der Waals surface area contributed by atoms with Gasteiger partial charge in [0.25, 0.3) is 17.2 Å². The fourth-order valence-corrected chi connectivity index (χ4v) is 4.80. The van der Waals surface area contributed by atoms with Gasteiger partial charge in [0.15, 0.2) is 0 Å². The number of nitro groups is 1. The standard InChI is InChI=1S/C23H20N6O4S/c1-13-14(7-4-9-18(13)29(32)33)21(30)25-20-12-17(19-10-5-11-34-19)27-28(20)23-24-16-8-3-2-6-15(16)22(31)26-23/h4-5,7,9-12H,2-3,6,8H2,1H3,(H,25,30)(H,24,26,31). The Bertz CT molecular complexity index is 1470. The van der Waals surface area contributed by atoms with Crippen LogP contribution in [0.3, 0.4) is 0 Å². The van der Waals surface area contributed by atoms with Gasteiger partial charge in [-0.05, 0) is 50.1 Å². The molecule has 1 aliphatic rings. The van der Waals surface area contributed by atoms with Gasteiger partial charge in [-0.25, -0.2) is 4.98 Å². The lowest BCUT2D eigenvalue weighted by Crippen LogP contribution is -2.25. The summed E-state index contributed by atoms with van der Waals surface area (Å²) in [4.78, 5) is 44.9. The summed E-state index contributed by atoms with van der Waals surface area (Å²) in [7, 11) is 0. The van der Waals surface area contributed by atoms with Crippen molar-refractivity contribution in [2.75, 3.05) is 5.32 Å². The zero-order valence-corrected chi connectivity index (χ0v) is 19.0. The van der Waals surface area contributed by atoms with Gasteiger partial charge in [0.2, 0.25) is 5.95 Å². The normalized spacial score (nSPS) is 12.9. The molecule has 11 heteroatoms. The number of benzene rings is 1. The van der Waals surface area contributed by atoms with E-state index in [0.717, 1.165) is 23.4 Å². The van der Waals surface area contributed by atoms with E-state index in [9.17, 15) is 19.7 Å². The fourth-order valence-electron chi connectivity index (χ4n) is 4.12. The maximum absolute atomic E-state index is 13.1. The van der Waals surface area contributed by atoms with Gasteiger partial charge < -0.3 is 5.32 Å². The molecular weight excluding hydrogens is 456 g/mol. The van der Waals surface area contributed by atoms with Gasteiger partial charge in [0.05, 0.1) is 15.5 Å². The molecular formula is C23H20N6O4S. The number of carbonyl (C=O) groups excluding carboxylic acids is 1. The lowest BCUT2D eigenvalue weighted by Gasteiger charge is -2.15. The summed E-state index contributed by atoms with van der Waals surface area (Å²) in [6, 6.07) is 9.83. The maximum Gasteiger partial charge on any atom is 0.273 e. The van der Waals surface area contributed by atoms with Crippen molar-refractivity contribution in [1.29, 1.82) is 0 Å². The Kier molecular flexibility index (Phi) is 5.54. The first kappa shape index (κ1) is 21.7. The Morgan fingerprint density at radius 1 is 1.24 bits per heavy atom. The number of carbonyl (C=O) groups is 1. The SMILES string of the molecule is Cc1c(C(=O)Nc2cc(-c3cccs3)nn2-c2nc3c(c(=O)[nH]2)CCCC3)cccc1[N+](=O)[O-]. The van der Waals surface area contributed by atoms with E-state index in [1.165, 1.54) is 41.1 Å². The third kappa shape index (κ3) is 3.90. The van der Waals surface area contributed by atoms with Crippen molar-refractivity contribution in [3.8, 4) is 16.5 Å². The van der Waals surface area contributed by atoms with Crippen LogP contribution in [0.5, 0.6) is 0 Å². The van der Waals surface area contributed by atoms with Crippen LogP contribution >= 0.6 is 11.3 Å². The van der Waals surface area contributed by atoms with Gasteiger partial charge in [-0.15, -0.1) is 11.3 Å². The zero-order chi connectivity index (χ0) is 23.8. The molecule has 1 aromatic carbocycles. The molecule has 0 saturated carbocycles. The fraction of sp³-hybridized carbons (Fsp3) is 0.217. The Balaban J connectivity index is 1.59. The largest absolute Gasteiger partial charge is 0.306 e. The number of anilines is 1. The highest BCUT2D eigenvalue weighted by Gasteiger charge is 2.22. The number of aromatic nitrogens is 4. The van der Waals surface area contributed by atoms with E-state index in [2.05, 4.69) is 20.4 Å². The molecule has 172 valence electrons. The molecule has 0 unspecified atom stereocenters. The molecule has 0 aliphatic heterocycles. The van der Waals surface area contributed by atoms with Crippen molar-refractivity contribution < 1.29 is 9.72 Å². The van der Waals surface area contributed by atoms with Crippen molar-refractivity contribution >= 4 is 28.7 Å². The van der Waals surface area contributed by atoms with E-state index in [1.807, 2.05) is 17.5 Å². The molecule has 1 aliphatic carbocycles. The lowest BCUT2D eigenvalue weighted by atomic mass is 9.97. The summed E-state index contributed by atoms with van der Waals surface area (Å²) in [5.74, 6) is -0.0295. The van der Waals surface area contributed by atoms with Crippen molar-refractivity contribution in [3.63, 3.8) is 0 Å². The highest BCUT2D eigenvalue weighted by Crippen LogP contribution is 2.29. The molecule has 0 atom stereocenters. The number of hydrogen-bond donors (Lipinski definition) is 2. The van der Waals surface area contributed by atoms with Gasteiger partial charge in [0, 0.05) is 28.8 Å². The zero-order valence-electron chi connectivity index (χ0n) is 18.2. The van der Waals surface area contributed by atoms with E-state index in [-0.39, 0.29) is 28.3 Å². The molecule has 0 bridgehead atoms. The summed E-state index contributed by atoms with van der Waals surface area (Å²) in [5, 5.41) is 20.6. The molecule has 1 amide bonds. The first-order valence-electron chi connectivity index (χ1n) is 10.7. The maximum atomic E-state index is 13.1. The number of nitrogens with zero attached hydrogens (tertiary/aromatic N) is 4. The van der Waals surface area contributed by atoms with Crippen LogP contribution < -0.4 is 10.9 Å². The molecule has 2 N–H and O–H groups in total. The van der Waals surface area contributed by atoms with Crippen LogP contribution in [0.2, 0.25) is 0 Å². The molecule has 3 aromatic heterocycles. The van der Waals surface area contributed by atoms with Crippen LogP contribution in [0.15, 0.2) is 46.6 Å². The van der Waals surface area contributed by atoms with Gasteiger partial charge in [-0.1, -0.05) is 12.1 Å². The van der Waals surface area contributed by atoms with Gasteiger partial charge >= 0.3 is 0 Å². The summed E-state index contributed by atoms with van der Waals surface area (Å²) >= 11 is 1.49. The Hall–Kier alpha value is -4.12. The minimum absolute atomic E-state index is 0.138. The molecule has 0 saturated heterocycles. The van der Waals surface area contributed by atoms with Crippen molar-refractivity contribution in [3.05, 3.63) is 84.6 Å². The molecule has 5 rings (SSSR count). The molecule has 3 heterocycles. The molecule has 34 heavy (non-hydrogen) atoms. The lowest BCUT2D eigenvalue weighted by molar-refractivity contribution is -0.385. The third-order valence-corrected chi connectivity index (χ3v) is 6.74. The molecule has 10 nitrogen and oxygen atoms in total. The highest BCUT2D eigenvalue weighted by atomic mass is 32.1. The second kappa shape index (κ2) is 8.67. The van der Waals surface area contributed by atoms with E-state index in [4.69, 9.17) is 0 Å². The van der Waals surface area contributed by atoms with Crippen LogP contribution in [0.1, 0.15) is 40.0 Å². The smallest absolute Gasteiger partial charge is 0.273 e. The number of nitro benzene ring substituents is 1. The van der Waals surface area contributed by atoms with Crippen LogP contribution in [0, 0.1) is 17.0 Å². The van der Waals surface area contributed by atoms with Crippen LogP contribution in [0.25, 0.3) is 16.5 Å². The molecule has 0 spiro atoms. The van der Waals surface area contributed by atoms with Gasteiger partial charge in [0.1, 0.15) is 11.5 Å². The topological polar surface area (TPSA) is 136 Å². The predicted octanol–water partition coefficient (Wildman–Crippen LogP) is 4.03. The molecule has 0 radical (unpaired) electrons. The van der Waals surface area contributed by atoms with Crippen molar-refractivity contribution in [1.82, 2.24) is 19.7 Å². The monoisotopic (exact) mass is 476 g/mol. The molecule has 4 aromatic rings. The number of fused-ring (bicyclic) bond motifs is 1. The van der Waals surface area contributed by atoms with Crippen LogP contribution in [-0.2, 0) is 12.8 Å². The Morgan fingerprint density at radius 3 is 2.82 bits per heavy atom. The summed E-state index contributed by atoms with van der Waals surface area (Å²) in [5.41, 5.74) is 2.12. The number of nitrogens with one attached hydrogen (secondary N) is 2. The first-order valence-corrected chi connectivity index (χ1v) is 11.6. The number of amides is 1. The number of rotatable bonds is 5. The number of thiophene rings is 1. The van der Waals surface area contributed by atoms with Gasteiger partial charge in [-0.2, -0.15) is 9.78 Å². The van der Waals surface area contributed by atoms with Crippen LogP contribution in [-0.4, -0.2) is 30.6 Å². The van der Waals surface area contributed by atoms with Gasteiger partial charge in [-0.3, -0.25) is 24.7 Å². The third-order valence-electron chi connectivity index (χ3n) is 5.85. The average molecular weight is 477 g/mol. The van der Waals surface area contributed by atoms with E-state index >= 15 is 0 Å². The van der Waals surface area contributed by atoms with E-state index in [0.29, 0.717) is 29.9 Å². The average Bonchev–Trinajstić information content (AvgIpc) is 3.49. The number of aryl methyl sites for hydroxylation is 1. The Morgan fingerprint density at radius 2 is 2.06 bits per heavy atom. The minimum atomic E-state index is -0.527. The number of H-pyrrole nitrogens is 1. The second-order valence-electron chi connectivity index (χ2n) is 7.99. The van der Waals surface area contributed by atoms with Crippen LogP contribution in [0.4, 0.5) is 11.5 Å². The molecule has 0 fully saturated rings. The quantitative estimate of drug-likeness (QED) is 0.330. The predicted molar refractivity (Wildman–Crippen MR) is 128 cm³/mol. The van der Waals surface area contributed by atoms with Crippen molar-refractivity contribution in [2.45, 2.75) is 32.6 Å². The first-order chi connectivity index (χ1) is 16.4. The summed E-state index contributed by atoms with van der Waals surface area (Å²) < 4.78 is 1.40. The number of aromatic amines is 1. The summed E-state index contributed by atoms with van der Waals surface area (Å²) in [6.45, 7) is 1.53. The summed E-state index contributed by atoms with van der Waals surface area (Å²) in [6.07, 6.45) is 3.30. The minimum Gasteiger partial charge on any atom is -0.306 e. The Labute approximate surface area is 197 Å². The second-order valence-corrected chi connectivity index (χ2v) is 8.93.